The number of aromatic nitrogens is 4. The van der Waals surface area contributed by atoms with Crippen LogP contribution in [-0.4, -0.2) is 37.1 Å². The molecule has 0 saturated heterocycles. The highest BCUT2D eigenvalue weighted by molar-refractivity contribution is 6.31. The SMILES string of the molecule is O=C(O)C=Cc1cccc(-c2cnc(Nc3ccc(F)c(Cl)c3)nc2NCCn2ccnc2)c1. The van der Waals surface area contributed by atoms with Crippen LogP contribution in [0.25, 0.3) is 17.2 Å². The van der Waals surface area contributed by atoms with Crippen molar-refractivity contribution in [2.45, 2.75) is 6.54 Å². The van der Waals surface area contributed by atoms with Crippen LogP contribution >= 0.6 is 11.6 Å². The number of carboxylic acids is 1. The van der Waals surface area contributed by atoms with Gasteiger partial charge in [0.05, 0.1) is 11.3 Å². The van der Waals surface area contributed by atoms with Gasteiger partial charge in [0, 0.05) is 49.0 Å². The molecule has 8 nitrogen and oxygen atoms in total. The smallest absolute Gasteiger partial charge is 0.328 e. The summed E-state index contributed by atoms with van der Waals surface area (Å²) in [7, 11) is 0. The van der Waals surface area contributed by atoms with Gasteiger partial charge in [-0.3, -0.25) is 0 Å². The third-order valence-electron chi connectivity index (χ3n) is 4.80. The lowest BCUT2D eigenvalue weighted by atomic mass is 10.0. The van der Waals surface area contributed by atoms with Crippen molar-refractivity contribution >= 4 is 41.1 Å². The number of halogens is 2. The Morgan fingerprint density at radius 3 is 2.88 bits per heavy atom. The van der Waals surface area contributed by atoms with E-state index in [-0.39, 0.29) is 5.02 Å². The van der Waals surface area contributed by atoms with E-state index in [1.807, 2.05) is 35.0 Å². The topological polar surface area (TPSA) is 105 Å². The molecule has 0 aliphatic carbocycles. The predicted molar refractivity (Wildman–Crippen MR) is 130 cm³/mol. The average Bonchev–Trinajstić information content (AvgIpc) is 3.34. The summed E-state index contributed by atoms with van der Waals surface area (Å²) in [5, 5.41) is 15.3. The summed E-state index contributed by atoms with van der Waals surface area (Å²) in [6.45, 7) is 1.24. The van der Waals surface area contributed by atoms with Crippen LogP contribution in [0.1, 0.15) is 5.56 Å². The molecule has 2 heterocycles. The lowest BCUT2D eigenvalue weighted by Crippen LogP contribution is -2.12. The van der Waals surface area contributed by atoms with Crippen molar-refractivity contribution in [3.8, 4) is 11.1 Å². The van der Waals surface area contributed by atoms with E-state index in [9.17, 15) is 9.18 Å². The molecule has 0 aliphatic rings. The summed E-state index contributed by atoms with van der Waals surface area (Å²) in [5.74, 6) is -0.655. The minimum atomic E-state index is -1.02. The highest BCUT2D eigenvalue weighted by Gasteiger charge is 2.11. The van der Waals surface area contributed by atoms with Crippen LogP contribution in [0.15, 0.2) is 73.5 Å². The minimum Gasteiger partial charge on any atom is -0.478 e. The molecular weight excluding hydrogens is 459 g/mol. The average molecular weight is 479 g/mol. The molecule has 4 aromatic rings. The van der Waals surface area contributed by atoms with Gasteiger partial charge >= 0.3 is 5.97 Å². The summed E-state index contributed by atoms with van der Waals surface area (Å²) in [5.41, 5.74) is 2.82. The molecule has 0 spiro atoms. The van der Waals surface area contributed by atoms with Gasteiger partial charge in [-0.25, -0.2) is 19.2 Å². The van der Waals surface area contributed by atoms with Gasteiger partial charge in [-0.05, 0) is 41.5 Å². The number of anilines is 3. The Bertz CT molecular complexity index is 1330. The fourth-order valence-electron chi connectivity index (χ4n) is 3.19. The molecule has 4 rings (SSSR count). The highest BCUT2D eigenvalue weighted by atomic mass is 35.5. The number of benzene rings is 2. The van der Waals surface area contributed by atoms with Crippen molar-refractivity contribution in [2.24, 2.45) is 0 Å². The van der Waals surface area contributed by atoms with Crippen LogP contribution in [0, 0.1) is 5.82 Å². The number of nitrogens with one attached hydrogen (secondary N) is 2. The number of carboxylic acid groups (broad SMARTS) is 1. The molecule has 10 heteroatoms. The second kappa shape index (κ2) is 10.6. The van der Waals surface area contributed by atoms with Crippen molar-refractivity contribution < 1.29 is 14.3 Å². The monoisotopic (exact) mass is 478 g/mol. The number of hydrogen-bond donors (Lipinski definition) is 3. The number of imidazole rings is 1. The first kappa shape index (κ1) is 22.9. The van der Waals surface area contributed by atoms with Crippen molar-refractivity contribution in [3.05, 3.63) is 89.9 Å². The quantitative estimate of drug-likeness (QED) is 0.288. The third-order valence-corrected chi connectivity index (χ3v) is 5.09. The fourth-order valence-corrected chi connectivity index (χ4v) is 3.37. The maximum atomic E-state index is 13.5. The van der Waals surface area contributed by atoms with Crippen LogP contribution < -0.4 is 10.6 Å². The van der Waals surface area contributed by atoms with E-state index in [2.05, 4.69) is 25.6 Å². The maximum Gasteiger partial charge on any atom is 0.328 e. The highest BCUT2D eigenvalue weighted by Crippen LogP contribution is 2.29. The Hall–Kier alpha value is -4.24. The number of carbonyl (C=O) groups is 1. The second-order valence-corrected chi connectivity index (χ2v) is 7.64. The van der Waals surface area contributed by atoms with Gasteiger partial charge in [-0.15, -0.1) is 0 Å². The van der Waals surface area contributed by atoms with Crippen molar-refractivity contribution in [1.29, 1.82) is 0 Å². The normalized spacial score (nSPS) is 11.0. The Kier molecular flexibility index (Phi) is 7.14. The third kappa shape index (κ3) is 5.96. The molecule has 2 aromatic heterocycles. The zero-order chi connectivity index (χ0) is 23.9. The van der Waals surface area contributed by atoms with Crippen molar-refractivity contribution in [2.75, 3.05) is 17.2 Å². The molecular formula is C24H20ClFN6O2. The first-order valence-electron chi connectivity index (χ1n) is 10.3. The number of rotatable bonds is 9. The lowest BCUT2D eigenvalue weighted by molar-refractivity contribution is -0.131. The molecule has 0 fully saturated rings. The summed E-state index contributed by atoms with van der Waals surface area (Å²) < 4.78 is 15.4. The molecule has 0 aliphatic heterocycles. The van der Waals surface area contributed by atoms with E-state index in [0.717, 1.165) is 22.8 Å². The summed E-state index contributed by atoms with van der Waals surface area (Å²) in [6, 6.07) is 11.7. The van der Waals surface area contributed by atoms with Gasteiger partial charge in [0.25, 0.3) is 0 Å². The first-order chi connectivity index (χ1) is 16.5. The molecule has 0 amide bonds. The second-order valence-electron chi connectivity index (χ2n) is 7.23. The van der Waals surface area contributed by atoms with Crippen molar-refractivity contribution in [1.82, 2.24) is 19.5 Å². The van der Waals surface area contributed by atoms with Crippen LogP contribution in [0.4, 0.5) is 21.8 Å². The van der Waals surface area contributed by atoms with Gasteiger partial charge in [0.15, 0.2) is 0 Å². The van der Waals surface area contributed by atoms with Gasteiger partial charge in [0.1, 0.15) is 11.6 Å². The van der Waals surface area contributed by atoms with Crippen LogP contribution in [0.5, 0.6) is 0 Å². The molecule has 0 saturated carbocycles. The summed E-state index contributed by atoms with van der Waals surface area (Å²) >= 11 is 5.88. The molecule has 2 aromatic carbocycles. The molecule has 0 bridgehead atoms. The standard InChI is InChI=1S/C24H20ClFN6O2/c25-20-13-18(5-6-21(20)26)30-24-29-14-19(17-3-1-2-16(12-17)4-7-22(33)34)23(31-24)28-9-11-32-10-8-27-15-32/h1-8,10,12-15H,9,11H2,(H,33,34)(H2,28,29,30,31). The van der Waals surface area contributed by atoms with E-state index < -0.39 is 11.8 Å². The minimum absolute atomic E-state index is 0.00784. The molecule has 172 valence electrons. The zero-order valence-corrected chi connectivity index (χ0v) is 18.6. The van der Waals surface area contributed by atoms with Crippen molar-refractivity contribution in [3.63, 3.8) is 0 Å². The number of nitrogens with zero attached hydrogens (tertiary/aromatic N) is 4. The Labute approximate surface area is 199 Å². The Morgan fingerprint density at radius 1 is 1.24 bits per heavy atom. The summed E-state index contributed by atoms with van der Waals surface area (Å²) in [4.78, 5) is 23.9. The fraction of sp³-hybridized carbons (Fsp3) is 0.0833. The molecule has 3 N–H and O–H groups in total. The maximum absolute atomic E-state index is 13.5. The largest absolute Gasteiger partial charge is 0.478 e. The van der Waals surface area contributed by atoms with Crippen LogP contribution in [0.2, 0.25) is 5.02 Å². The van der Waals surface area contributed by atoms with E-state index >= 15 is 0 Å². The molecule has 34 heavy (non-hydrogen) atoms. The van der Waals surface area contributed by atoms with E-state index in [1.165, 1.54) is 18.2 Å². The van der Waals surface area contributed by atoms with E-state index in [0.29, 0.717) is 30.5 Å². The van der Waals surface area contributed by atoms with Gasteiger partial charge < -0.3 is 20.3 Å². The Balaban J connectivity index is 1.63. The van der Waals surface area contributed by atoms with Crippen LogP contribution in [0.3, 0.4) is 0 Å². The Morgan fingerprint density at radius 2 is 2.12 bits per heavy atom. The number of aliphatic carboxylic acids is 1. The molecule has 0 atom stereocenters. The van der Waals surface area contributed by atoms with Crippen LogP contribution in [-0.2, 0) is 11.3 Å². The van der Waals surface area contributed by atoms with E-state index in [1.54, 1.807) is 24.8 Å². The summed E-state index contributed by atoms with van der Waals surface area (Å²) in [6.07, 6.45) is 9.58. The van der Waals surface area contributed by atoms with Gasteiger partial charge in [-0.1, -0.05) is 29.8 Å². The number of hydrogen-bond acceptors (Lipinski definition) is 6. The molecule has 0 radical (unpaired) electrons. The zero-order valence-electron chi connectivity index (χ0n) is 17.8. The van der Waals surface area contributed by atoms with Gasteiger partial charge in [0.2, 0.25) is 5.95 Å². The predicted octanol–water partition coefficient (Wildman–Crippen LogP) is 5.09. The lowest BCUT2D eigenvalue weighted by Gasteiger charge is -2.14. The molecule has 0 unspecified atom stereocenters. The first-order valence-corrected chi connectivity index (χ1v) is 10.7. The van der Waals surface area contributed by atoms with Gasteiger partial charge in [-0.2, -0.15) is 4.98 Å². The van der Waals surface area contributed by atoms with E-state index in [4.69, 9.17) is 16.7 Å².